The minimum absolute atomic E-state index is 0.287. The van der Waals surface area contributed by atoms with E-state index in [-0.39, 0.29) is 11.7 Å². The number of halogens is 2. The molecule has 0 unspecified atom stereocenters. The molecule has 0 saturated heterocycles. The molecule has 0 saturated carbocycles. The number of fused-ring (bicyclic) bond motifs is 1. The Morgan fingerprint density at radius 1 is 0.926 bits per heavy atom. The third kappa shape index (κ3) is 3.52. The Bertz CT molecular complexity index is 1140. The van der Waals surface area contributed by atoms with Crippen LogP contribution in [0.3, 0.4) is 0 Å². The first-order valence-electron chi connectivity index (χ1n) is 8.33. The Balaban J connectivity index is 1.82. The number of hydrogen-bond donors (Lipinski definition) is 1. The summed E-state index contributed by atoms with van der Waals surface area (Å²) in [4.78, 5) is 17.6. The number of anilines is 1. The number of carbonyl (C=O) groups is 1. The van der Waals surface area contributed by atoms with E-state index < -0.39 is 0 Å². The minimum atomic E-state index is -0.323. The van der Waals surface area contributed by atoms with Crippen LogP contribution in [0.5, 0.6) is 0 Å². The van der Waals surface area contributed by atoms with E-state index >= 15 is 0 Å². The number of carbonyl (C=O) groups excluding carboxylic acids is 1. The number of nitrogens with one attached hydrogen (secondary N) is 1. The maximum absolute atomic E-state index is 13.2. The SMILES string of the molecule is O=C(Nc1ccccc1Cl)c1cc(-c2ccc(F)cc2)nc2ccccc12. The van der Waals surface area contributed by atoms with E-state index in [0.717, 1.165) is 10.9 Å². The topological polar surface area (TPSA) is 42.0 Å². The molecular weight excluding hydrogens is 363 g/mol. The van der Waals surface area contributed by atoms with Gasteiger partial charge >= 0.3 is 0 Å². The molecule has 1 heterocycles. The van der Waals surface area contributed by atoms with Crippen LogP contribution in [-0.2, 0) is 0 Å². The van der Waals surface area contributed by atoms with Gasteiger partial charge in [0.15, 0.2) is 0 Å². The van der Waals surface area contributed by atoms with Gasteiger partial charge in [-0.1, -0.05) is 41.9 Å². The molecule has 132 valence electrons. The second-order valence-corrected chi connectivity index (χ2v) is 6.42. The molecule has 0 aliphatic heterocycles. The third-order valence-corrected chi connectivity index (χ3v) is 4.55. The largest absolute Gasteiger partial charge is 0.321 e. The van der Waals surface area contributed by atoms with Crippen molar-refractivity contribution in [1.82, 2.24) is 4.98 Å². The summed E-state index contributed by atoms with van der Waals surface area (Å²) in [5.41, 5.74) is 3.02. The van der Waals surface area contributed by atoms with E-state index in [9.17, 15) is 9.18 Å². The van der Waals surface area contributed by atoms with Crippen LogP contribution in [0.25, 0.3) is 22.2 Å². The summed E-state index contributed by atoms with van der Waals surface area (Å²) in [6.45, 7) is 0. The van der Waals surface area contributed by atoms with Crippen molar-refractivity contribution in [3.05, 3.63) is 95.3 Å². The lowest BCUT2D eigenvalue weighted by molar-refractivity contribution is 0.102. The van der Waals surface area contributed by atoms with Gasteiger partial charge in [0.2, 0.25) is 0 Å². The average molecular weight is 377 g/mol. The van der Waals surface area contributed by atoms with Gasteiger partial charge in [0.1, 0.15) is 5.82 Å². The van der Waals surface area contributed by atoms with Crippen LogP contribution in [0.15, 0.2) is 78.9 Å². The molecule has 0 spiro atoms. The van der Waals surface area contributed by atoms with Crippen molar-refractivity contribution in [2.75, 3.05) is 5.32 Å². The van der Waals surface area contributed by atoms with Gasteiger partial charge < -0.3 is 5.32 Å². The summed E-state index contributed by atoms with van der Waals surface area (Å²) in [5.74, 6) is -0.610. The highest BCUT2D eigenvalue weighted by molar-refractivity contribution is 6.34. The van der Waals surface area contributed by atoms with E-state index in [1.165, 1.54) is 12.1 Å². The zero-order chi connectivity index (χ0) is 18.8. The first-order valence-corrected chi connectivity index (χ1v) is 8.71. The molecule has 27 heavy (non-hydrogen) atoms. The molecule has 1 N–H and O–H groups in total. The quantitative estimate of drug-likeness (QED) is 0.480. The van der Waals surface area contributed by atoms with Crippen molar-refractivity contribution in [1.29, 1.82) is 0 Å². The predicted octanol–water partition coefficient (Wildman–Crippen LogP) is 5.95. The van der Waals surface area contributed by atoms with Crippen LogP contribution in [0.4, 0.5) is 10.1 Å². The van der Waals surface area contributed by atoms with Gasteiger partial charge in [-0.05, 0) is 48.5 Å². The van der Waals surface area contributed by atoms with Crippen molar-refractivity contribution >= 4 is 34.1 Å². The summed E-state index contributed by atoms with van der Waals surface area (Å²) in [6.07, 6.45) is 0. The molecule has 0 bridgehead atoms. The van der Waals surface area contributed by atoms with Crippen LogP contribution >= 0.6 is 11.6 Å². The molecule has 0 fully saturated rings. The van der Waals surface area contributed by atoms with Gasteiger partial charge in [0.25, 0.3) is 5.91 Å². The van der Waals surface area contributed by atoms with Crippen LogP contribution in [-0.4, -0.2) is 10.9 Å². The molecule has 0 radical (unpaired) electrons. The number of pyridine rings is 1. The second kappa shape index (κ2) is 7.17. The standard InChI is InChI=1S/C22H14ClFN2O/c23-18-6-2-4-8-20(18)26-22(27)17-13-21(14-9-11-15(24)12-10-14)25-19-7-3-1-5-16(17)19/h1-13H,(H,26,27). The number of rotatable bonds is 3. The number of hydrogen-bond acceptors (Lipinski definition) is 2. The molecule has 1 amide bonds. The predicted molar refractivity (Wildman–Crippen MR) is 107 cm³/mol. The molecule has 0 atom stereocenters. The fraction of sp³-hybridized carbons (Fsp3) is 0. The van der Waals surface area contributed by atoms with E-state index in [0.29, 0.717) is 27.5 Å². The first kappa shape index (κ1) is 17.2. The normalized spacial score (nSPS) is 10.7. The number of aromatic nitrogens is 1. The Morgan fingerprint density at radius 2 is 1.63 bits per heavy atom. The second-order valence-electron chi connectivity index (χ2n) is 6.01. The molecule has 5 heteroatoms. The fourth-order valence-electron chi connectivity index (χ4n) is 2.88. The van der Waals surface area contributed by atoms with Crippen molar-refractivity contribution < 1.29 is 9.18 Å². The first-order chi connectivity index (χ1) is 13.1. The van der Waals surface area contributed by atoms with E-state index in [4.69, 9.17) is 11.6 Å². The molecule has 4 rings (SSSR count). The molecule has 3 aromatic carbocycles. The molecule has 1 aromatic heterocycles. The van der Waals surface area contributed by atoms with E-state index in [2.05, 4.69) is 10.3 Å². The minimum Gasteiger partial charge on any atom is -0.321 e. The zero-order valence-corrected chi connectivity index (χ0v) is 14.9. The summed E-state index contributed by atoms with van der Waals surface area (Å²) >= 11 is 6.15. The Labute approximate surface area is 160 Å². The van der Waals surface area contributed by atoms with E-state index in [1.54, 1.807) is 42.5 Å². The number of nitrogens with zero attached hydrogens (tertiary/aromatic N) is 1. The van der Waals surface area contributed by atoms with Crippen molar-refractivity contribution in [2.45, 2.75) is 0 Å². The number of benzene rings is 3. The number of para-hydroxylation sites is 2. The molecule has 0 aliphatic rings. The van der Waals surface area contributed by atoms with Gasteiger partial charge in [0.05, 0.1) is 27.5 Å². The highest BCUT2D eigenvalue weighted by Crippen LogP contribution is 2.27. The lowest BCUT2D eigenvalue weighted by Gasteiger charge is -2.11. The smallest absolute Gasteiger partial charge is 0.256 e. The van der Waals surface area contributed by atoms with Crippen molar-refractivity contribution in [3.8, 4) is 11.3 Å². The molecular formula is C22H14ClFN2O. The monoisotopic (exact) mass is 376 g/mol. The summed E-state index contributed by atoms with van der Waals surface area (Å²) in [6, 6.07) is 22.2. The lowest BCUT2D eigenvalue weighted by atomic mass is 10.0. The summed E-state index contributed by atoms with van der Waals surface area (Å²) in [5, 5.41) is 4.04. The Morgan fingerprint density at radius 3 is 2.41 bits per heavy atom. The number of amides is 1. The zero-order valence-electron chi connectivity index (χ0n) is 14.1. The van der Waals surface area contributed by atoms with Gasteiger partial charge in [-0.25, -0.2) is 9.37 Å². The molecule has 4 aromatic rings. The maximum atomic E-state index is 13.2. The van der Waals surface area contributed by atoms with Crippen molar-refractivity contribution in [2.24, 2.45) is 0 Å². The van der Waals surface area contributed by atoms with Gasteiger partial charge in [0, 0.05) is 10.9 Å². The third-order valence-electron chi connectivity index (χ3n) is 4.22. The highest BCUT2D eigenvalue weighted by atomic mass is 35.5. The fourth-order valence-corrected chi connectivity index (χ4v) is 3.07. The molecule has 0 aliphatic carbocycles. The average Bonchev–Trinajstić information content (AvgIpc) is 2.69. The van der Waals surface area contributed by atoms with Crippen LogP contribution in [0.1, 0.15) is 10.4 Å². The van der Waals surface area contributed by atoms with Gasteiger partial charge in [-0.2, -0.15) is 0 Å². The van der Waals surface area contributed by atoms with Crippen molar-refractivity contribution in [3.63, 3.8) is 0 Å². The summed E-state index contributed by atoms with van der Waals surface area (Å²) < 4.78 is 13.2. The van der Waals surface area contributed by atoms with Crippen LogP contribution in [0, 0.1) is 5.82 Å². The van der Waals surface area contributed by atoms with Gasteiger partial charge in [-0.3, -0.25) is 4.79 Å². The highest BCUT2D eigenvalue weighted by Gasteiger charge is 2.15. The lowest BCUT2D eigenvalue weighted by Crippen LogP contribution is -2.13. The summed E-state index contributed by atoms with van der Waals surface area (Å²) in [7, 11) is 0. The van der Waals surface area contributed by atoms with Crippen LogP contribution in [0.2, 0.25) is 5.02 Å². The molecule has 3 nitrogen and oxygen atoms in total. The Kier molecular flexibility index (Phi) is 4.57. The van der Waals surface area contributed by atoms with Crippen LogP contribution < -0.4 is 5.32 Å². The van der Waals surface area contributed by atoms with E-state index in [1.807, 2.05) is 24.3 Å². The Hall–Kier alpha value is -3.24. The maximum Gasteiger partial charge on any atom is 0.256 e. The van der Waals surface area contributed by atoms with Gasteiger partial charge in [-0.15, -0.1) is 0 Å².